The first-order valence-electron chi connectivity index (χ1n) is 33.9. The number of nitrogens with zero attached hydrogens (tertiary/aromatic N) is 4. The van der Waals surface area contributed by atoms with Gasteiger partial charge in [0, 0.05) is 122 Å². The van der Waals surface area contributed by atoms with Crippen LogP contribution in [0.1, 0.15) is 140 Å². The number of allylic oxidation sites excluding steroid dienone is 4. The molecule has 28 heteroatoms. The van der Waals surface area contributed by atoms with Crippen molar-refractivity contribution in [2.75, 3.05) is 14.2 Å². The molecule has 4 aromatic rings. The Labute approximate surface area is 601 Å². The van der Waals surface area contributed by atoms with Gasteiger partial charge in [-0.3, -0.25) is 19.2 Å². The third-order valence-corrected chi connectivity index (χ3v) is 20.4. The summed E-state index contributed by atoms with van der Waals surface area (Å²) in [6, 6.07) is 0. The Balaban J connectivity index is 1.35. The van der Waals surface area contributed by atoms with E-state index >= 15 is 0 Å². The van der Waals surface area contributed by atoms with Crippen LogP contribution in [-0.2, 0) is 38.0 Å². The molecule has 6 aliphatic rings. The van der Waals surface area contributed by atoms with Gasteiger partial charge >= 0.3 is 23.5 Å². The van der Waals surface area contributed by atoms with Crippen molar-refractivity contribution in [1.82, 2.24) is 0 Å². The zero-order chi connectivity index (χ0) is 77.4. The van der Waals surface area contributed by atoms with Gasteiger partial charge in [-0.05, 0) is 39.8 Å². The predicted octanol–water partition coefficient (Wildman–Crippen LogP) is 10.6. The van der Waals surface area contributed by atoms with E-state index in [-0.39, 0.29) is 33.8 Å². The topological polar surface area (TPSA) is 434 Å². The Morgan fingerprint density at radius 3 is 1.13 bits per heavy atom. The van der Waals surface area contributed by atoms with Crippen LogP contribution in [0.2, 0.25) is 0 Å². The first-order chi connectivity index (χ1) is 48.7. The second-order valence-electron chi connectivity index (χ2n) is 27.6. The number of hydrogen-bond acceptors (Lipinski definition) is 26. The van der Waals surface area contributed by atoms with Crippen LogP contribution < -0.4 is 9.47 Å². The summed E-state index contributed by atoms with van der Waals surface area (Å²) in [5.41, 5.74) is -3.62. The maximum absolute atomic E-state index is 15.0. The fraction of sp³-hybridized carbons (Fsp3) is 0.474. The number of phenols is 6. The van der Waals surface area contributed by atoms with Crippen molar-refractivity contribution in [2.45, 2.75) is 171 Å². The molecule has 12 N–H and O–H groups in total. The molecule has 18 atom stereocenters. The van der Waals surface area contributed by atoms with E-state index in [0.717, 1.165) is 25.0 Å². The van der Waals surface area contributed by atoms with Crippen molar-refractivity contribution in [2.24, 2.45) is 67.5 Å². The van der Waals surface area contributed by atoms with Crippen molar-refractivity contribution in [1.29, 1.82) is 0 Å². The molecular weight excluding hydrogens is 1350 g/mol. The number of hydrogen-bond donors (Lipinski definition) is 12. The van der Waals surface area contributed by atoms with E-state index in [0.29, 0.717) is 0 Å². The van der Waals surface area contributed by atoms with E-state index in [4.69, 9.17) is 37.9 Å². The van der Waals surface area contributed by atoms with E-state index in [1.54, 1.807) is 67.5 Å². The SMILES string of the molecule is COC1C=COC2(C)Oc3c(C)c(O)c4c(O)c(c(C=NN=Cc5c6c(O)c7c(O)c(C)c8c(c7c5O)C(=O)C(C)(OC=CC(OC)C(C)C(OC(C)=O)C(C)C(O)C(C)C(O)C(C)C=CC=C(C)C(O)=N6)O8)c(O)c4c3C2=O)N=C(O)C(C)=CC=CC(C)C(O)C(C)C(O)C(C)C(OC(C)=O)C1C. The number of benzene rings is 4. The molecule has 0 saturated heterocycles. The lowest BCUT2D eigenvalue weighted by Gasteiger charge is -2.38. The summed E-state index contributed by atoms with van der Waals surface area (Å²) in [5, 5.41) is 151. The number of aliphatic imine (C=N–C) groups is 2. The van der Waals surface area contributed by atoms with E-state index in [1.807, 2.05) is 0 Å². The molecule has 0 aliphatic carbocycles. The third-order valence-electron chi connectivity index (χ3n) is 20.4. The average molecular weight is 1450 g/mol. The Morgan fingerprint density at radius 2 is 0.817 bits per heavy atom. The number of ketones is 2. The summed E-state index contributed by atoms with van der Waals surface area (Å²) < 4.78 is 47.7. The number of rotatable bonds is 7. The summed E-state index contributed by atoms with van der Waals surface area (Å²) in [5.74, 6) is -21.2. The second kappa shape index (κ2) is 31.6. The van der Waals surface area contributed by atoms with Gasteiger partial charge in [-0.25, -0.2) is 9.98 Å². The number of aliphatic hydroxyl groups is 6. The van der Waals surface area contributed by atoms with E-state index < -0.39 is 233 Å². The number of fused-ring (bicyclic) bond motifs is 26. The zero-order valence-corrected chi connectivity index (χ0v) is 61.2. The summed E-state index contributed by atoms with van der Waals surface area (Å²) in [4.78, 5) is 63.8. The van der Waals surface area contributed by atoms with E-state index in [1.165, 1.54) is 106 Å². The number of esters is 2. The van der Waals surface area contributed by atoms with Crippen LogP contribution in [-0.4, -0.2) is 184 Å². The minimum absolute atomic E-state index is 0.0158. The van der Waals surface area contributed by atoms with Gasteiger partial charge in [0.2, 0.25) is 11.8 Å². The van der Waals surface area contributed by atoms with Crippen LogP contribution in [0, 0.1) is 61.2 Å². The van der Waals surface area contributed by atoms with Crippen LogP contribution >= 0.6 is 0 Å². The minimum atomic E-state index is -2.28. The number of phenolic OH excluding ortho intramolecular Hbond substituents is 6. The van der Waals surface area contributed by atoms with Crippen LogP contribution in [0.4, 0.5) is 11.4 Å². The van der Waals surface area contributed by atoms with Crippen LogP contribution in [0.15, 0.2) is 92.5 Å². The molecule has 0 fully saturated rings. The van der Waals surface area contributed by atoms with Gasteiger partial charge < -0.3 is 99.2 Å². The fourth-order valence-corrected chi connectivity index (χ4v) is 13.8. The molecule has 6 aliphatic heterocycles. The molecule has 0 amide bonds. The molecule has 104 heavy (non-hydrogen) atoms. The molecule has 10 bridgehead atoms. The number of ether oxygens (including phenoxy) is 8. The molecule has 4 aromatic carbocycles. The maximum Gasteiger partial charge on any atom is 0.312 e. The van der Waals surface area contributed by atoms with Crippen molar-refractivity contribution in [3.63, 3.8) is 0 Å². The fourth-order valence-electron chi connectivity index (χ4n) is 13.8. The highest BCUT2D eigenvalue weighted by atomic mass is 16.7. The molecule has 18 unspecified atom stereocenters. The molecular formula is C76H94N4O24. The highest BCUT2D eigenvalue weighted by Crippen LogP contribution is 2.58. The Kier molecular flexibility index (Phi) is 24.3. The quantitative estimate of drug-likeness (QED) is 0.0354. The number of aliphatic hydroxyl groups excluding tert-OH is 6. The van der Waals surface area contributed by atoms with Crippen molar-refractivity contribution >= 4 is 80.6 Å². The summed E-state index contributed by atoms with van der Waals surface area (Å²) in [6.45, 7) is 23.8. The summed E-state index contributed by atoms with van der Waals surface area (Å²) >= 11 is 0. The molecule has 0 aromatic heterocycles. The van der Waals surface area contributed by atoms with Gasteiger partial charge in [0.1, 0.15) is 58.1 Å². The highest BCUT2D eigenvalue weighted by Gasteiger charge is 2.52. The monoisotopic (exact) mass is 1450 g/mol. The van der Waals surface area contributed by atoms with Crippen LogP contribution in [0.5, 0.6) is 46.0 Å². The largest absolute Gasteiger partial charge is 0.507 e. The van der Waals surface area contributed by atoms with Gasteiger partial charge in [0.15, 0.2) is 11.5 Å². The molecule has 0 spiro atoms. The number of carbonyl (C=O) groups is 4. The van der Waals surface area contributed by atoms with Crippen LogP contribution in [0.3, 0.4) is 0 Å². The third kappa shape index (κ3) is 15.1. The molecule has 562 valence electrons. The highest BCUT2D eigenvalue weighted by molar-refractivity contribution is 6.24. The molecule has 6 heterocycles. The normalized spacial score (nSPS) is 30.5. The number of aromatic hydroxyl groups is 6. The Morgan fingerprint density at radius 1 is 0.481 bits per heavy atom. The Hall–Kier alpha value is -9.84. The Bertz CT molecular complexity index is 4100. The minimum Gasteiger partial charge on any atom is -0.507 e. The average Bonchev–Trinajstić information content (AvgIpc) is 1.49. The summed E-state index contributed by atoms with van der Waals surface area (Å²) in [6.07, 6.45) is 6.73. The number of Topliss-reactive ketones (excluding diaryl/α,β-unsaturated/α-hetero) is 2. The van der Waals surface area contributed by atoms with E-state index in [9.17, 15) is 80.5 Å². The standard InChI is InChI=1S/C76H94N4O24/c1-31-21-19-23-33(3)73(95)79-55-45(63(89)49-51(65(55)91)61(87)41(11)69-53(49)71(93)75(15,103-69)99-27-25-47(97-17)35(5)67(101-43(13)81)39(9)59(85)37(7)57(31)83)29-77-78-30-46-56-66(92)52-50(64(46)90)54-70(42(12)62(52)88)104-76(16,72(54)94)100-28-26-48(98-18)36(6)68(102-44(14)82)40(10)60(86)38(8)58(84)32(2)22-20-24-34(4)74(96)80-56/h19-32,35-40,47-48,57-60,67-68,83-92H,1-18H3,(H,79,95)(H,80,96). The maximum atomic E-state index is 15.0. The van der Waals surface area contributed by atoms with Crippen LogP contribution in [0.25, 0.3) is 21.5 Å². The second-order valence-corrected chi connectivity index (χ2v) is 27.6. The molecule has 0 saturated carbocycles. The van der Waals surface area contributed by atoms with Crippen molar-refractivity contribution < 1.29 is 118 Å². The molecule has 0 radical (unpaired) electrons. The number of methoxy groups -OCH3 is 2. The van der Waals surface area contributed by atoms with Crippen molar-refractivity contribution in [3.8, 4) is 46.0 Å². The van der Waals surface area contributed by atoms with E-state index in [2.05, 4.69) is 20.2 Å². The first kappa shape index (κ1) is 79.9. The number of carbonyl (C=O) groups excluding carboxylic acids is 4. The van der Waals surface area contributed by atoms with Gasteiger partial charge in [-0.15, -0.1) is 0 Å². The molecule has 28 nitrogen and oxygen atoms in total. The van der Waals surface area contributed by atoms with Gasteiger partial charge in [-0.2, -0.15) is 10.2 Å². The lowest BCUT2D eigenvalue weighted by Crippen LogP contribution is -2.46. The zero-order valence-electron chi connectivity index (χ0n) is 61.2. The predicted molar refractivity (Wildman–Crippen MR) is 385 cm³/mol. The lowest BCUT2D eigenvalue weighted by molar-refractivity contribution is -0.161. The lowest BCUT2D eigenvalue weighted by atomic mass is 9.78. The smallest absolute Gasteiger partial charge is 0.312 e. The first-order valence-corrected chi connectivity index (χ1v) is 33.9. The van der Waals surface area contributed by atoms with Crippen molar-refractivity contribution in [3.05, 3.63) is 106 Å². The van der Waals surface area contributed by atoms with Gasteiger partial charge in [0.05, 0.1) is 94.6 Å². The van der Waals surface area contributed by atoms with Gasteiger partial charge in [0.25, 0.3) is 11.6 Å². The summed E-state index contributed by atoms with van der Waals surface area (Å²) in [7, 11) is 2.74. The van der Waals surface area contributed by atoms with Gasteiger partial charge in [-0.1, -0.05) is 91.8 Å². The molecule has 10 rings (SSSR count).